The van der Waals surface area contributed by atoms with Crippen molar-refractivity contribution in [2.75, 3.05) is 10.6 Å². The van der Waals surface area contributed by atoms with Crippen LogP contribution in [0.3, 0.4) is 0 Å². The molecule has 0 fully saturated rings. The normalized spacial score (nSPS) is 11.9. The molecule has 0 radical (unpaired) electrons. The molecule has 0 aliphatic heterocycles. The van der Waals surface area contributed by atoms with E-state index in [9.17, 15) is 9.59 Å². The Morgan fingerprint density at radius 1 is 1.21 bits per heavy atom. The minimum atomic E-state index is -0.777. The molecule has 0 unspecified atom stereocenters. The number of aromatic nitrogens is 2. The first-order chi connectivity index (χ1) is 11.3. The van der Waals surface area contributed by atoms with Gasteiger partial charge in [0.1, 0.15) is 0 Å². The van der Waals surface area contributed by atoms with E-state index in [2.05, 4.69) is 22.7 Å². The van der Waals surface area contributed by atoms with Crippen molar-refractivity contribution < 1.29 is 9.59 Å². The summed E-state index contributed by atoms with van der Waals surface area (Å²) in [6.45, 7) is 7.86. The number of rotatable bonds is 4. The first kappa shape index (κ1) is 18.0. The summed E-state index contributed by atoms with van der Waals surface area (Å²) in [6, 6.07) is 7.02. The maximum Gasteiger partial charge on any atom is 0.315 e. The predicted molar refractivity (Wildman–Crippen MR) is 95.4 cm³/mol. The zero-order chi connectivity index (χ0) is 17.9. The number of carbonyl (C=O) groups is 2. The Hall–Kier alpha value is -2.34. The largest absolute Gasteiger partial charge is 0.318 e. The van der Waals surface area contributed by atoms with Crippen molar-refractivity contribution in [2.24, 2.45) is 0 Å². The molecule has 6 nitrogen and oxygen atoms in total. The molecular weight excluding hydrogens is 328 g/mol. The van der Waals surface area contributed by atoms with Gasteiger partial charge in [0.2, 0.25) is 0 Å². The van der Waals surface area contributed by atoms with Gasteiger partial charge in [0.25, 0.3) is 0 Å². The SMILES string of the molecule is CC[C@H](C)n1nc(NC(=O)C(=O)Nc2ccc(C)c(Cl)c2)cc1C. The van der Waals surface area contributed by atoms with Crippen LogP contribution in [0.2, 0.25) is 5.02 Å². The number of benzene rings is 1. The standard InChI is InChI=1S/C17H21ClN4O2/c1-5-11(3)22-12(4)8-15(21-22)20-17(24)16(23)19-13-7-6-10(2)14(18)9-13/h6-9,11H,5H2,1-4H3,(H,19,23)(H,20,21,24)/t11-/m0/s1. The molecular formula is C17H21ClN4O2. The minimum absolute atomic E-state index is 0.221. The fraction of sp³-hybridized carbons (Fsp3) is 0.353. The van der Waals surface area contributed by atoms with Gasteiger partial charge in [-0.1, -0.05) is 24.6 Å². The predicted octanol–water partition coefficient (Wildman–Crippen LogP) is 3.70. The summed E-state index contributed by atoms with van der Waals surface area (Å²) in [5, 5.41) is 9.87. The first-order valence-electron chi connectivity index (χ1n) is 7.76. The van der Waals surface area contributed by atoms with Gasteiger partial charge in [-0.2, -0.15) is 5.10 Å². The lowest BCUT2D eigenvalue weighted by molar-refractivity contribution is -0.133. The highest BCUT2D eigenvalue weighted by molar-refractivity contribution is 6.43. The summed E-state index contributed by atoms with van der Waals surface area (Å²) >= 11 is 6.01. The van der Waals surface area contributed by atoms with Gasteiger partial charge < -0.3 is 10.6 Å². The van der Waals surface area contributed by atoms with Crippen LogP contribution in [0.5, 0.6) is 0 Å². The van der Waals surface area contributed by atoms with E-state index in [0.29, 0.717) is 16.5 Å². The smallest absolute Gasteiger partial charge is 0.315 e. The number of hydrogen-bond acceptors (Lipinski definition) is 3. The molecule has 0 aliphatic carbocycles. The van der Waals surface area contributed by atoms with Gasteiger partial charge in [0.05, 0.1) is 0 Å². The monoisotopic (exact) mass is 348 g/mol. The van der Waals surface area contributed by atoms with Gasteiger partial charge in [-0.25, -0.2) is 0 Å². The van der Waals surface area contributed by atoms with Crippen LogP contribution in [0.1, 0.15) is 37.6 Å². The topological polar surface area (TPSA) is 76.0 Å². The van der Waals surface area contributed by atoms with E-state index in [1.807, 2.05) is 25.5 Å². The maximum atomic E-state index is 12.0. The Bertz CT molecular complexity index is 770. The third kappa shape index (κ3) is 4.14. The Morgan fingerprint density at radius 2 is 1.88 bits per heavy atom. The van der Waals surface area contributed by atoms with Crippen molar-refractivity contribution in [1.82, 2.24) is 9.78 Å². The van der Waals surface area contributed by atoms with Crippen molar-refractivity contribution in [3.8, 4) is 0 Å². The third-order valence-corrected chi connectivity index (χ3v) is 4.22. The number of carbonyl (C=O) groups excluding carboxylic acids is 2. The highest BCUT2D eigenvalue weighted by atomic mass is 35.5. The Kier molecular flexibility index (Phi) is 5.62. The molecule has 0 bridgehead atoms. The molecule has 1 atom stereocenters. The van der Waals surface area contributed by atoms with Crippen LogP contribution in [0.15, 0.2) is 24.3 Å². The second-order valence-electron chi connectivity index (χ2n) is 5.75. The lowest BCUT2D eigenvalue weighted by atomic mass is 10.2. The quantitative estimate of drug-likeness (QED) is 0.827. The Morgan fingerprint density at radius 3 is 2.50 bits per heavy atom. The fourth-order valence-corrected chi connectivity index (χ4v) is 2.38. The zero-order valence-corrected chi connectivity index (χ0v) is 14.9. The second-order valence-corrected chi connectivity index (χ2v) is 6.15. The van der Waals surface area contributed by atoms with Crippen molar-refractivity contribution in [3.63, 3.8) is 0 Å². The molecule has 2 N–H and O–H groups in total. The fourth-order valence-electron chi connectivity index (χ4n) is 2.20. The van der Waals surface area contributed by atoms with E-state index in [1.165, 1.54) is 0 Å². The molecule has 0 saturated carbocycles. The molecule has 2 rings (SSSR count). The van der Waals surface area contributed by atoms with Crippen LogP contribution < -0.4 is 10.6 Å². The number of aryl methyl sites for hydroxylation is 2. The highest BCUT2D eigenvalue weighted by Gasteiger charge is 2.17. The molecule has 7 heteroatoms. The minimum Gasteiger partial charge on any atom is -0.318 e. The van der Waals surface area contributed by atoms with Gasteiger partial charge in [0, 0.05) is 28.5 Å². The van der Waals surface area contributed by atoms with E-state index < -0.39 is 11.8 Å². The van der Waals surface area contributed by atoms with Crippen LogP contribution in [-0.4, -0.2) is 21.6 Å². The van der Waals surface area contributed by atoms with Gasteiger partial charge in [-0.15, -0.1) is 0 Å². The molecule has 1 aromatic heterocycles. The average Bonchev–Trinajstić information content (AvgIpc) is 2.90. The summed E-state index contributed by atoms with van der Waals surface area (Å²) in [6.07, 6.45) is 0.921. The second kappa shape index (κ2) is 7.49. The Labute approximate surface area is 146 Å². The first-order valence-corrected chi connectivity index (χ1v) is 8.14. The van der Waals surface area contributed by atoms with E-state index in [-0.39, 0.29) is 6.04 Å². The van der Waals surface area contributed by atoms with Crippen LogP contribution in [-0.2, 0) is 9.59 Å². The highest BCUT2D eigenvalue weighted by Crippen LogP contribution is 2.20. The van der Waals surface area contributed by atoms with Gasteiger partial charge in [-0.05, 0) is 44.9 Å². The number of nitrogens with zero attached hydrogens (tertiary/aromatic N) is 2. The molecule has 1 heterocycles. The maximum absolute atomic E-state index is 12.0. The number of nitrogens with one attached hydrogen (secondary N) is 2. The summed E-state index contributed by atoms with van der Waals surface area (Å²) in [4.78, 5) is 24.0. The average molecular weight is 349 g/mol. The molecule has 2 amide bonds. The van der Waals surface area contributed by atoms with Gasteiger partial charge >= 0.3 is 11.8 Å². The van der Waals surface area contributed by atoms with Crippen molar-refractivity contribution >= 4 is 34.9 Å². The summed E-state index contributed by atoms with van der Waals surface area (Å²) in [7, 11) is 0. The zero-order valence-electron chi connectivity index (χ0n) is 14.2. The van der Waals surface area contributed by atoms with Gasteiger partial charge in [0.15, 0.2) is 5.82 Å². The molecule has 0 saturated heterocycles. The molecule has 128 valence electrons. The van der Waals surface area contributed by atoms with Crippen LogP contribution in [0.4, 0.5) is 11.5 Å². The van der Waals surface area contributed by atoms with E-state index in [0.717, 1.165) is 17.7 Å². The number of amides is 2. The lowest BCUT2D eigenvalue weighted by Crippen LogP contribution is -2.29. The van der Waals surface area contributed by atoms with Crippen molar-refractivity contribution in [2.45, 2.75) is 40.2 Å². The van der Waals surface area contributed by atoms with E-state index in [1.54, 1.807) is 24.3 Å². The number of hydrogen-bond donors (Lipinski definition) is 2. The van der Waals surface area contributed by atoms with E-state index in [4.69, 9.17) is 11.6 Å². The van der Waals surface area contributed by atoms with Crippen molar-refractivity contribution in [1.29, 1.82) is 0 Å². The molecule has 0 aliphatic rings. The summed E-state index contributed by atoms with van der Waals surface area (Å²) in [5.74, 6) is -1.19. The van der Waals surface area contributed by atoms with Gasteiger partial charge in [-0.3, -0.25) is 14.3 Å². The van der Waals surface area contributed by atoms with Crippen LogP contribution in [0.25, 0.3) is 0 Å². The van der Waals surface area contributed by atoms with Crippen LogP contribution >= 0.6 is 11.6 Å². The summed E-state index contributed by atoms with van der Waals surface area (Å²) < 4.78 is 1.83. The Balaban J connectivity index is 2.03. The van der Waals surface area contributed by atoms with E-state index >= 15 is 0 Å². The summed E-state index contributed by atoms with van der Waals surface area (Å²) in [5.41, 5.74) is 2.28. The lowest BCUT2D eigenvalue weighted by Gasteiger charge is -2.10. The van der Waals surface area contributed by atoms with Crippen LogP contribution in [0, 0.1) is 13.8 Å². The molecule has 0 spiro atoms. The molecule has 24 heavy (non-hydrogen) atoms. The van der Waals surface area contributed by atoms with Crippen molar-refractivity contribution in [3.05, 3.63) is 40.5 Å². The third-order valence-electron chi connectivity index (χ3n) is 3.81. The molecule has 1 aromatic carbocycles. The number of halogens is 1. The molecule has 2 aromatic rings. The number of anilines is 2.